The molecular weight excluding hydrogens is 282 g/mol. The van der Waals surface area contributed by atoms with Crippen LogP contribution in [0, 0.1) is 0 Å². The molecule has 0 fully saturated rings. The maximum absolute atomic E-state index is 11.3. The molecule has 0 saturated carbocycles. The first-order valence-electron chi connectivity index (χ1n) is 6.16. The minimum Gasteiger partial charge on any atom is -0.385 e. The lowest BCUT2D eigenvalue weighted by molar-refractivity contribution is 0.194. The first-order chi connectivity index (χ1) is 9.04. The van der Waals surface area contributed by atoms with Gasteiger partial charge in [0.2, 0.25) is 0 Å². The molecule has 1 aromatic rings. The molecule has 6 heteroatoms. The number of nitrogens with one attached hydrogen (secondary N) is 1. The first-order valence-corrected chi connectivity index (χ1v) is 9.04. The second-order valence-corrected chi connectivity index (χ2v) is 7.37. The Labute approximate surface area is 119 Å². The highest BCUT2D eigenvalue weighted by molar-refractivity contribution is 7.99. The minimum atomic E-state index is -3.09. The van der Waals surface area contributed by atoms with Crippen LogP contribution in [0.15, 0.2) is 34.1 Å². The van der Waals surface area contributed by atoms with Crippen LogP contribution in [0.5, 0.6) is 0 Å². The van der Waals surface area contributed by atoms with Crippen LogP contribution in [0.3, 0.4) is 0 Å². The summed E-state index contributed by atoms with van der Waals surface area (Å²) in [4.78, 5) is 1.46. The van der Waals surface area contributed by atoms with E-state index in [9.17, 15) is 8.42 Å². The quantitative estimate of drug-likeness (QED) is 0.557. The molecule has 1 rings (SSSR count). The largest absolute Gasteiger partial charge is 0.385 e. The van der Waals surface area contributed by atoms with Crippen LogP contribution >= 0.6 is 11.8 Å². The highest BCUT2D eigenvalue weighted by atomic mass is 32.2. The molecule has 19 heavy (non-hydrogen) atoms. The fourth-order valence-corrected chi connectivity index (χ4v) is 2.93. The molecule has 0 aliphatic heterocycles. The summed E-state index contributed by atoms with van der Waals surface area (Å²) in [6.07, 6.45) is 2.24. The van der Waals surface area contributed by atoms with E-state index in [0.717, 1.165) is 36.8 Å². The van der Waals surface area contributed by atoms with Crippen LogP contribution in [0.1, 0.15) is 6.42 Å². The lowest BCUT2D eigenvalue weighted by Crippen LogP contribution is -2.19. The van der Waals surface area contributed by atoms with Crippen molar-refractivity contribution in [3.05, 3.63) is 24.3 Å². The van der Waals surface area contributed by atoms with Crippen LogP contribution in [0.2, 0.25) is 0 Å². The van der Waals surface area contributed by atoms with Crippen molar-refractivity contribution >= 4 is 21.6 Å². The average Bonchev–Trinajstić information content (AvgIpc) is 2.37. The van der Waals surface area contributed by atoms with Gasteiger partial charge in [-0.05, 0) is 37.2 Å². The molecule has 0 atom stereocenters. The van der Waals surface area contributed by atoms with Crippen LogP contribution in [-0.2, 0) is 14.6 Å². The Balaban J connectivity index is 2.23. The van der Waals surface area contributed by atoms with E-state index < -0.39 is 9.84 Å². The van der Waals surface area contributed by atoms with E-state index in [1.165, 1.54) is 6.26 Å². The van der Waals surface area contributed by atoms with Crippen molar-refractivity contribution in [3.63, 3.8) is 0 Å². The minimum absolute atomic E-state index is 0.370. The van der Waals surface area contributed by atoms with E-state index >= 15 is 0 Å². The zero-order valence-corrected chi connectivity index (χ0v) is 13.0. The van der Waals surface area contributed by atoms with Gasteiger partial charge in [0.25, 0.3) is 0 Å². The Hall–Kier alpha value is -0.560. The third-order valence-corrected chi connectivity index (χ3v) is 4.64. The lowest BCUT2D eigenvalue weighted by Gasteiger charge is -2.05. The topological polar surface area (TPSA) is 55.4 Å². The molecule has 0 aliphatic carbocycles. The van der Waals surface area contributed by atoms with Crippen molar-refractivity contribution in [3.8, 4) is 0 Å². The smallest absolute Gasteiger partial charge is 0.175 e. The third kappa shape index (κ3) is 6.96. The van der Waals surface area contributed by atoms with Crippen molar-refractivity contribution in [1.82, 2.24) is 5.32 Å². The second kappa shape index (κ2) is 8.58. The maximum Gasteiger partial charge on any atom is 0.175 e. The van der Waals surface area contributed by atoms with Crippen molar-refractivity contribution in [2.45, 2.75) is 16.2 Å². The number of sulfone groups is 1. The van der Waals surface area contributed by atoms with E-state index in [1.54, 1.807) is 31.0 Å². The third-order valence-electron chi connectivity index (χ3n) is 2.50. The van der Waals surface area contributed by atoms with Crippen molar-refractivity contribution in [2.75, 3.05) is 38.8 Å². The fraction of sp³-hybridized carbons (Fsp3) is 0.538. The highest BCUT2D eigenvalue weighted by Crippen LogP contribution is 2.19. The van der Waals surface area contributed by atoms with E-state index in [1.807, 2.05) is 12.1 Å². The zero-order chi connectivity index (χ0) is 14.1. The Morgan fingerprint density at radius 3 is 2.47 bits per heavy atom. The van der Waals surface area contributed by atoms with Crippen LogP contribution in [0.25, 0.3) is 0 Å². The number of hydrogen-bond acceptors (Lipinski definition) is 5. The van der Waals surface area contributed by atoms with Gasteiger partial charge in [0.15, 0.2) is 9.84 Å². The van der Waals surface area contributed by atoms with Crippen LogP contribution < -0.4 is 5.32 Å². The van der Waals surface area contributed by atoms with Gasteiger partial charge in [-0.2, -0.15) is 0 Å². The molecule has 0 bridgehead atoms. The Kier molecular flexibility index (Phi) is 7.45. The molecule has 108 valence electrons. The number of rotatable bonds is 9. The first kappa shape index (κ1) is 16.5. The molecule has 0 saturated heterocycles. The molecule has 4 nitrogen and oxygen atoms in total. The summed E-state index contributed by atoms with van der Waals surface area (Å²) in [5.41, 5.74) is 0. The molecular formula is C13H21NO3S2. The molecule has 0 amide bonds. The van der Waals surface area contributed by atoms with Crippen LogP contribution in [-0.4, -0.2) is 47.2 Å². The monoisotopic (exact) mass is 303 g/mol. The number of thioether (sulfide) groups is 1. The standard InChI is InChI=1S/C13H21NO3S2/c1-17-10-3-8-14-9-11-18-12-4-6-13(7-5-12)19(2,15)16/h4-7,14H,3,8-11H2,1-2H3. The van der Waals surface area contributed by atoms with E-state index in [2.05, 4.69) is 5.32 Å². The SMILES string of the molecule is COCCCNCCSc1ccc(S(C)(=O)=O)cc1. The molecule has 1 aromatic carbocycles. The summed E-state index contributed by atoms with van der Waals surface area (Å²) >= 11 is 1.71. The second-order valence-electron chi connectivity index (χ2n) is 4.19. The van der Waals surface area contributed by atoms with E-state index in [4.69, 9.17) is 4.74 Å². The van der Waals surface area contributed by atoms with E-state index in [0.29, 0.717) is 4.90 Å². The van der Waals surface area contributed by atoms with Gasteiger partial charge in [-0.3, -0.25) is 0 Å². The predicted molar refractivity (Wildman–Crippen MR) is 79.6 cm³/mol. The summed E-state index contributed by atoms with van der Waals surface area (Å²) in [5.74, 6) is 0.963. The molecule has 0 radical (unpaired) electrons. The highest BCUT2D eigenvalue weighted by Gasteiger charge is 2.05. The lowest BCUT2D eigenvalue weighted by atomic mass is 10.4. The van der Waals surface area contributed by atoms with Gasteiger partial charge in [-0.1, -0.05) is 0 Å². The summed E-state index contributed by atoms with van der Waals surface area (Å²) in [7, 11) is -1.39. The number of hydrogen-bond donors (Lipinski definition) is 1. The van der Waals surface area contributed by atoms with Gasteiger partial charge in [-0.15, -0.1) is 11.8 Å². The molecule has 0 aromatic heterocycles. The van der Waals surface area contributed by atoms with Gasteiger partial charge in [-0.25, -0.2) is 8.42 Å². The Morgan fingerprint density at radius 1 is 1.21 bits per heavy atom. The van der Waals surface area contributed by atoms with Crippen molar-refractivity contribution in [1.29, 1.82) is 0 Å². The van der Waals surface area contributed by atoms with Gasteiger partial charge in [0.1, 0.15) is 0 Å². The zero-order valence-electron chi connectivity index (χ0n) is 11.4. The molecule has 1 N–H and O–H groups in total. The molecule has 0 aliphatic rings. The average molecular weight is 303 g/mol. The van der Waals surface area contributed by atoms with Gasteiger partial charge in [0, 0.05) is 37.2 Å². The van der Waals surface area contributed by atoms with Gasteiger partial charge >= 0.3 is 0 Å². The van der Waals surface area contributed by atoms with Crippen molar-refractivity contribution in [2.24, 2.45) is 0 Å². The van der Waals surface area contributed by atoms with Gasteiger partial charge in [0.05, 0.1) is 4.90 Å². The summed E-state index contributed by atoms with van der Waals surface area (Å²) in [5, 5.41) is 3.33. The van der Waals surface area contributed by atoms with Gasteiger partial charge < -0.3 is 10.1 Å². The normalized spacial score (nSPS) is 11.7. The summed E-state index contributed by atoms with van der Waals surface area (Å²) in [6.45, 7) is 2.68. The number of benzene rings is 1. The Morgan fingerprint density at radius 2 is 1.89 bits per heavy atom. The predicted octanol–water partition coefficient (Wildman–Crippen LogP) is 1.81. The molecule has 0 spiro atoms. The number of ether oxygens (including phenoxy) is 1. The summed E-state index contributed by atoms with van der Waals surface area (Å²) < 4.78 is 27.6. The Bertz CT molecular complexity index is 457. The summed E-state index contributed by atoms with van der Waals surface area (Å²) in [6, 6.07) is 7.02. The van der Waals surface area contributed by atoms with Crippen LogP contribution in [0.4, 0.5) is 0 Å². The number of methoxy groups -OCH3 is 1. The fourth-order valence-electron chi connectivity index (χ4n) is 1.49. The van der Waals surface area contributed by atoms with E-state index in [-0.39, 0.29) is 0 Å². The molecule has 0 heterocycles. The van der Waals surface area contributed by atoms with Crippen molar-refractivity contribution < 1.29 is 13.2 Å². The maximum atomic E-state index is 11.3. The molecule has 0 unspecified atom stereocenters.